The highest BCUT2D eigenvalue weighted by molar-refractivity contribution is 6.34. The Hall–Kier alpha value is -4.70. The number of carbonyl (C=O) groups excluding carboxylic acids is 3. The van der Waals surface area contributed by atoms with Gasteiger partial charge in [-0.15, -0.1) is 0 Å². The van der Waals surface area contributed by atoms with E-state index in [0.29, 0.717) is 74.5 Å². The van der Waals surface area contributed by atoms with Crippen LogP contribution in [0.2, 0.25) is 5.02 Å². The van der Waals surface area contributed by atoms with Gasteiger partial charge in [0.25, 0.3) is 17.7 Å². The highest BCUT2D eigenvalue weighted by Crippen LogP contribution is 2.34. The lowest BCUT2D eigenvalue weighted by Crippen LogP contribution is -2.58. The first kappa shape index (κ1) is 38.0. The van der Waals surface area contributed by atoms with Crippen LogP contribution in [0.1, 0.15) is 40.0 Å². The predicted octanol–water partition coefficient (Wildman–Crippen LogP) is 3.84. The summed E-state index contributed by atoms with van der Waals surface area (Å²) in [6.45, 7) is 4.74. The number of nitrogens with zero attached hydrogens (tertiary/aromatic N) is 7. The number of aliphatic hydroxyl groups is 1. The third-order valence-corrected chi connectivity index (χ3v) is 10.6. The molecule has 13 nitrogen and oxygen atoms in total. The van der Waals surface area contributed by atoms with Crippen molar-refractivity contribution in [3.63, 3.8) is 0 Å². The van der Waals surface area contributed by atoms with E-state index in [1.54, 1.807) is 27.7 Å². The van der Waals surface area contributed by atoms with Crippen LogP contribution in [0.3, 0.4) is 0 Å². The van der Waals surface area contributed by atoms with E-state index in [1.807, 2.05) is 21.0 Å². The first-order valence-electron chi connectivity index (χ1n) is 17.5. The van der Waals surface area contributed by atoms with Crippen LogP contribution in [0.25, 0.3) is 22.4 Å². The number of amides is 3. The SMILES string of the molecule is CCc1c(-c2ccc(-c3cnc(C(=O)Nc4ccc(C(=O)N5CCN(C(=O)[C@@H]6C[C@@H](O)C[N+]6(C)C)CC5)c(Cl)c4)n3C)c(F)c2F)cnn1CCOC. The van der Waals surface area contributed by atoms with Gasteiger partial charge in [0.15, 0.2) is 23.5 Å². The summed E-state index contributed by atoms with van der Waals surface area (Å²) >= 11 is 6.53. The molecule has 2 N–H and O–H groups in total. The number of rotatable bonds is 10. The van der Waals surface area contributed by atoms with Crippen molar-refractivity contribution in [3.8, 4) is 22.4 Å². The van der Waals surface area contributed by atoms with Gasteiger partial charge in [-0.3, -0.25) is 19.1 Å². The number of aliphatic hydroxyl groups excluding tert-OH is 1. The summed E-state index contributed by atoms with van der Waals surface area (Å²) < 4.78 is 39.8. The van der Waals surface area contributed by atoms with Crippen LogP contribution < -0.4 is 5.32 Å². The maximum absolute atomic E-state index is 15.6. The van der Waals surface area contributed by atoms with E-state index >= 15 is 8.78 Å². The molecule has 4 aromatic rings. The molecule has 282 valence electrons. The van der Waals surface area contributed by atoms with Gasteiger partial charge in [-0.05, 0) is 30.7 Å². The molecule has 0 bridgehead atoms. The van der Waals surface area contributed by atoms with E-state index in [2.05, 4.69) is 15.4 Å². The molecule has 3 amide bonds. The fourth-order valence-corrected chi connectivity index (χ4v) is 7.62. The number of benzene rings is 2. The maximum atomic E-state index is 15.6. The number of anilines is 1. The van der Waals surface area contributed by atoms with E-state index in [0.717, 1.165) is 5.69 Å². The lowest BCUT2D eigenvalue weighted by atomic mass is 10.0. The smallest absolute Gasteiger partial charge is 0.291 e. The van der Waals surface area contributed by atoms with Crippen LogP contribution >= 0.6 is 11.6 Å². The average molecular weight is 754 g/mol. The van der Waals surface area contributed by atoms with E-state index < -0.39 is 23.6 Å². The Morgan fingerprint density at radius 1 is 1.02 bits per heavy atom. The number of likely N-dealkylation sites (tertiary alicyclic amines) is 1. The number of imidazole rings is 1. The van der Waals surface area contributed by atoms with Crippen LogP contribution in [-0.4, -0.2) is 129 Å². The summed E-state index contributed by atoms with van der Waals surface area (Å²) in [5.41, 5.74) is 1.98. The van der Waals surface area contributed by atoms with Crippen molar-refractivity contribution >= 4 is 35.0 Å². The normalized spacial score (nSPS) is 18.4. The molecule has 4 heterocycles. The Kier molecular flexibility index (Phi) is 11.0. The number of aromatic nitrogens is 4. The van der Waals surface area contributed by atoms with Gasteiger partial charge in [-0.2, -0.15) is 5.10 Å². The number of piperazine rings is 1. The molecule has 6 rings (SSSR count). The van der Waals surface area contributed by atoms with E-state index in [-0.39, 0.29) is 51.1 Å². The molecule has 16 heteroatoms. The van der Waals surface area contributed by atoms with E-state index in [9.17, 15) is 19.5 Å². The summed E-state index contributed by atoms with van der Waals surface area (Å²) in [6.07, 6.45) is 3.27. The van der Waals surface area contributed by atoms with Gasteiger partial charge in [0, 0.05) is 74.8 Å². The van der Waals surface area contributed by atoms with E-state index in [4.69, 9.17) is 16.3 Å². The summed E-state index contributed by atoms with van der Waals surface area (Å²) in [7, 11) is 6.98. The van der Waals surface area contributed by atoms with Crippen LogP contribution in [0.4, 0.5) is 14.5 Å². The standard InChI is InChI=1S/C37H43ClF2N8O5/c1-6-29-27(19-42-47(29)15-16-53-5)24-9-10-26(33(40)32(24)39)30-20-41-34(44(30)2)35(50)43-22-7-8-25(28(38)17-22)36(51)45-11-13-46(14-12-45)37(52)31-18-23(49)21-48(31,3)4/h7-10,17,19-20,23,31,49H,6,11-16,18,21H2,1-5H3/p+1/t23-,31+/m1/s1. The fraction of sp³-hybridized carbons (Fsp3) is 0.432. The third-order valence-electron chi connectivity index (χ3n) is 10.3. The molecule has 2 saturated heterocycles. The first-order chi connectivity index (χ1) is 25.2. The quantitative estimate of drug-likeness (QED) is 0.235. The number of hydrogen-bond donors (Lipinski definition) is 2. The van der Waals surface area contributed by atoms with Gasteiger partial charge in [-0.25, -0.2) is 13.8 Å². The zero-order valence-corrected chi connectivity index (χ0v) is 31.2. The molecule has 0 saturated carbocycles. The second-order valence-corrected chi connectivity index (χ2v) is 14.4. The van der Waals surface area contributed by atoms with Crippen molar-refractivity contribution in [1.29, 1.82) is 0 Å². The molecule has 2 aromatic heterocycles. The molecule has 2 aliphatic heterocycles. The Bertz CT molecular complexity index is 2040. The van der Waals surface area contributed by atoms with Crippen molar-refractivity contribution < 1.29 is 37.5 Å². The lowest BCUT2D eigenvalue weighted by Gasteiger charge is -2.38. The number of ether oxygens (including phenoxy) is 1. The zero-order chi connectivity index (χ0) is 38.2. The summed E-state index contributed by atoms with van der Waals surface area (Å²) in [4.78, 5) is 47.5. The third kappa shape index (κ3) is 7.43. The van der Waals surface area contributed by atoms with Gasteiger partial charge >= 0.3 is 0 Å². The minimum atomic E-state index is -1.08. The number of carbonyl (C=O) groups is 3. The second kappa shape index (κ2) is 15.3. The van der Waals surface area contributed by atoms with Crippen molar-refractivity contribution in [2.24, 2.45) is 7.05 Å². The molecule has 0 spiro atoms. The number of nitrogens with one attached hydrogen (secondary N) is 1. The second-order valence-electron chi connectivity index (χ2n) is 14.0. The molecule has 53 heavy (non-hydrogen) atoms. The monoisotopic (exact) mass is 753 g/mol. The Labute approximate surface area is 311 Å². The molecule has 2 fully saturated rings. The van der Waals surface area contributed by atoms with E-state index in [1.165, 1.54) is 48.3 Å². The number of likely N-dealkylation sites (N-methyl/N-ethyl adjacent to an activating group) is 1. The molecule has 2 atom stereocenters. The lowest BCUT2D eigenvalue weighted by molar-refractivity contribution is -0.894. The number of methoxy groups -OCH3 is 1. The molecule has 0 aliphatic carbocycles. The van der Waals surface area contributed by atoms with Gasteiger partial charge in [-0.1, -0.05) is 24.6 Å². The van der Waals surface area contributed by atoms with Crippen LogP contribution in [0, 0.1) is 11.6 Å². The van der Waals surface area contributed by atoms with Crippen LogP contribution in [0.5, 0.6) is 0 Å². The Balaban J connectivity index is 1.11. The Morgan fingerprint density at radius 2 is 1.70 bits per heavy atom. The minimum absolute atomic E-state index is 0.0178. The number of quaternary nitrogens is 1. The molecule has 2 aliphatic rings. The maximum Gasteiger partial charge on any atom is 0.291 e. The highest BCUT2D eigenvalue weighted by atomic mass is 35.5. The summed E-state index contributed by atoms with van der Waals surface area (Å²) in [5.74, 6) is -3.12. The number of hydrogen-bond acceptors (Lipinski definition) is 7. The largest absolute Gasteiger partial charge is 0.387 e. The molecule has 2 aromatic carbocycles. The minimum Gasteiger partial charge on any atom is -0.387 e. The topological polar surface area (TPSA) is 135 Å². The molecule has 0 unspecified atom stereocenters. The molecular formula is C37H44ClF2N8O5+. The highest BCUT2D eigenvalue weighted by Gasteiger charge is 2.46. The Morgan fingerprint density at radius 3 is 2.34 bits per heavy atom. The predicted molar refractivity (Wildman–Crippen MR) is 194 cm³/mol. The van der Waals surface area contributed by atoms with Gasteiger partial charge in [0.1, 0.15) is 12.6 Å². The number of halogens is 3. The van der Waals surface area contributed by atoms with Crippen LogP contribution in [-0.2, 0) is 29.5 Å². The van der Waals surface area contributed by atoms with Gasteiger partial charge < -0.3 is 34.0 Å². The summed E-state index contributed by atoms with van der Waals surface area (Å²) in [5, 5.41) is 17.3. The van der Waals surface area contributed by atoms with Crippen molar-refractivity contribution in [2.75, 3.05) is 65.9 Å². The van der Waals surface area contributed by atoms with Gasteiger partial charge in [0.05, 0.1) is 55.9 Å². The van der Waals surface area contributed by atoms with Crippen molar-refractivity contribution in [2.45, 2.75) is 38.5 Å². The van der Waals surface area contributed by atoms with Crippen molar-refractivity contribution in [3.05, 3.63) is 76.5 Å². The van der Waals surface area contributed by atoms with Crippen LogP contribution in [0.15, 0.2) is 42.7 Å². The molecule has 0 radical (unpaired) electrons. The van der Waals surface area contributed by atoms with Crippen molar-refractivity contribution in [1.82, 2.24) is 29.1 Å². The fourth-order valence-electron chi connectivity index (χ4n) is 7.36. The average Bonchev–Trinajstić information content (AvgIpc) is 3.80. The summed E-state index contributed by atoms with van der Waals surface area (Å²) in [6, 6.07) is 7.14. The first-order valence-corrected chi connectivity index (χ1v) is 17.9. The zero-order valence-electron chi connectivity index (χ0n) is 30.4. The molecular weight excluding hydrogens is 710 g/mol. The van der Waals surface area contributed by atoms with Gasteiger partial charge in [0.2, 0.25) is 0 Å².